The van der Waals surface area contributed by atoms with Crippen LogP contribution in [0.1, 0.15) is 44.1 Å². The van der Waals surface area contributed by atoms with E-state index in [0.29, 0.717) is 6.42 Å². The van der Waals surface area contributed by atoms with Crippen molar-refractivity contribution in [2.45, 2.75) is 55.7 Å². The van der Waals surface area contributed by atoms with Crippen molar-refractivity contribution in [3.8, 4) is 0 Å². The molecule has 0 aromatic heterocycles. The maximum atomic E-state index is 13.1. The van der Waals surface area contributed by atoms with Crippen molar-refractivity contribution in [1.29, 1.82) is 0 Å². The Kier molecular flexibility index (Phi) is 2.23. The Bertz CT molecular complexity index is 583. The first kappa shape index (κ1) is 12.3. The molecule has 4 heteroatoms. The third-order valence-electron chi connectivity index (χ3n) is 5.49. The number of carbonyl (C=O) groups excluding carboxylic acids is 1. The zero-order chi connectivity index (χ0) is 14.1. The molecule has 0 bridgehead atoms. The van der Waals surface area contributed by atoms with Crippen LogP contribution in [0, 0.1) is 5.82 Å². The van der Waals surface area contributed by atoms with Crippen LogP contribution in [0.3, 0.4) is 0 Å². The van der Waals surface area contributed by atoms with Crippen LogP contribution in [0.15, 0.2) is 24.3 Å². The summed E-state index contributed by atoms with van der Waals surface area (Å²) >= 11 is 0. The summed E-state index contributed by atoms with van der Waals surface area (Å²) in [5.41, 5.74) is -0.172. The quantitative estimate of drug-likeness (QED) is 0.798. The summed E-state index contributed by atoms with van der Waals surface area (Å²) in [7, 11) is 0. The van der Waals surface area contributed by atoms with E-state index >= 15 is 0 Å². The van der Waals surface area contributed by atoms with Crippen LogP contribution in [0.5, 0.6) is 0 Å². The standard InChI is InChI=1S/C16H18FNO2/c1-15(20)9-13-16(18(13)14(15)19)8-2-3-12(16)10-4-6-11(17)7-5-10/h4-7,12-13,20H,2-3,8-9H2,1H3/t12?,13-,15?,16?,18?/m1/s1. The second kappa shape index (κ2) is 3.61. The Morgan fingerprint density at radius 1 is 1.35 bits per heavy atom. The summed E-state index contributed by atoms with van der Waals surface area (Å²) in [6, 6.07) is 6.83. The SMILES string of the molecule is CC1(O)C[C@H]2N(C1=O)C21CCCC1c1ccc(F)cc1. The second-order valence-electron chi connectivity index (χ2n) is 6.66. The number of hydrogen-bond acceptors (Lipinski definition) is 2. The average Bonchev–Trinajstić information content (AvgIpc) is 2.68. The fourth-order valence-corrected chi connectivity index (χ4v) is 4.58. The van der Waals surface area contributed by atoms with Crippen LogP contribution in [0.4, 0.5) is 4.39 Å². The number of rotatable bonds is 1. The van der Waals surface area contributed by atoms with Gasteiger partial charge >= 0.3 is 0 Å². The summed E-state index contributed by atoms with van der Waals surface area (Å²) in [4.78, 5) is 14.2. The van der Waals surface area contributed by atoms with Crippen molar-refractivity contribution in [3.05, 3.63) is 35.6 Å². The van der Waals surface area contributed by atoms with Crippen LogP contribution < -0.4 is 0 Å². The highest BCUT2D eigenvalue weighted by molar-refractivity contribution is 5.92. The van der Waals surface area contributed by atoms with E-state index in [2.05, 4.69) is 0 Å². The Hall–Kier alpha value is -1.42. The predicted molar refractivity (Wildman–Crippen MR) is 71.6 cm³/mol. The summed E-state index contributed by atoms with van der Waals surface area (Å²) < 4.78 is 13.1. The summed E-state index contributed by atoms with van der Waals surface area (Å²) in [5.74, 6) is -0.0687. The lowest BCUT2D eigenvalue weighted by Gasteiger charge is -2.27. The third kappa shape index (κ3) is 1.35. The predicted octanol–water partition coefficient (Wildman–Crippen LogP) is 2.20. The number of aliphatic hydroxyl groups is 1. The van der Waals surface area contributed by atoms with Gasteiger partial charge in [0.25, 0.3) is 5.91 Å². The van der Waals surface area contributed by atoms with Gasteiger partial charge in [-0.05, 0) is 37.5 Å². The molecule has 2 aliphatic heterocycles. The molecule has 3 unspecified atom stereocenters. The number of fused-ring (bicyclic) bond motifs is 3. The largest absolute Gasteiger partial charge is 0.380 e. The van der Waals surface area contributed by atoms with Gasteiger partial charge in [0.1, 0.15) is 11.4 Å². The van der Waals surface area contributed by atoms with Gasteiger partial charge in [-0.1, -0.05) is 18.6 Å². The Labute approximate surface area is 117 Å². The Morgan fingerprint density at radius 3 is 2.65 bits per heavy atom. The van der Waals surface area contributed by atoms with Crippen molar-refractivity contribution in [2.24, 2.45) is 0 Å². The topological polar surface area (TPSA) is 40.3 Å². The van der Waals surface area contributed by atoms with Gasteiger partial charge in [0.15, 0.2) is 0 Å². The lowest BCUT2D eigenvalue weighted by Crippen LogP contribution is -2.42. The van der Waals surface area contributed by atoms with Crippen molar-refractivity contribution >= 4 is 5.91 Å². The molecule has 2 saturated heterocycles. The lowest BCUT2D eigenvalue weighted by atomic mass is 9.81. The maximum absolute atomic E-state index is 13.1. The second-order valence-corrected chi connectivity index (χ2v) is 6.66. The van der Waals surface area contributed by atoms with E-state index in [1.165, 1.54) is 12.1 Å². The zero-order valence-corrected chi connectivity index (χ0v) is 11.5. The molecule has 106 valence electrons. The molecule has 3 nitrogen and oxygen atoms in total. The Balaban J connectivity index is 1.68. The van der Waals surface area contributed by atoms with Crippen LogP contribution in [0.25, 0.3) is 0 Å². The minimum atomic E-state index is -1.19. The van der Waals surface area contributed by atoms with E-state index in [0.717, 1.165) is 24.8 Å². The number of amides is 1. The maximum Gasteiger partial charge on any atom is 0.255 e. The van der Waals surface area contributed by atoms with E-state index in [9.17, 15) is 14.3 Å². The number of halogens is 1. The number of hydrogen-bond donors (Lipinski definition) is 1. The van der Waals surface area contributed by atoms with Crippen LogP contribution in [-0.2, 0) is 4.79 Å². The van der Waals surface area contributed by atoms with Gasteiger partial charge in [-0.25, -0.2) is 4.39 Å². The zero-order valence-electron chi connectivity index (χ0n) is 11.5. The molecule has 1 aromatic carbocycles. The molecule has 1 N–H and O–H groups in total. The minimum Gasteiger partial charge on any atom is -0.380 e. The number of benzene rings is 1. The van der Waals surface area contributed by atoms with Crippen molar-refractivity contribution in [2.75, 3.05) is 0 Å². The summed E-state index contributed by atoms with van der Waals surface area (Å²) in [6.07, 6.45) is 3.66. The lowest BCUT2D eigenvalue weighted by molar-refractivity contribution is -0.141. The third-order valence-corrected chi connectivity index (χ3v) is 5.49. The van der Waals surface area contributed by atoms with Crippen molar-refractivity contribution in [3.63, 3.8) is 0 Å². The average molecular weight is 275 g/mol. The summed E-state index contributed by atoms with van der Waals surface area (Å²) in [5, 5.41) is 10.1. The molecular weight excluding hydrogens is 257 g/mol. The monoisotopic (exact) mass is 275 g/mol. The van der Waals surface area contributed by atoms with Gasteiger partial charge in [-0.15, -0.1) is 0 Å². The fourth-order valence-electron chi connectivity index (χ4n) is 4.58. The first-order chi connectivity index (χ1) is 9.47. The number of piperidine rings is 1. The van der Waals surface area contributed by atoms with Crippen LogP contribution in [-0.4, -0.2) is 33.1 Å². The molecule has 3 aliphatic rings. The smallest absolute Gasteiger partial charge is 0.255 e. The van der Waals surface area contributed by atoms with Crippen LogP contribution >= 0.6 is 0 Å². The van der Waals surface area contributed by atoms with E-state index < -0.39 is 5.60 Å². The molecule has 1 aromatic rings. The molecule has 2 heterocycles. The highest BCUT2D eigenvalue weighted by atomic mass is 19.1. The van der Waals surface area contributed by atoms with E-state index in [1.807, 2.05) is 17.0 Å². The van der Waals surface area contributed by atoms with E-state index in [4.69, 9.17) is 0 Å². The molecular formula is C16H18FNO2. The fraction of sp³-hybridized carbons (Fsp3) is 0.562. The highest BCUT2D eigenvalue weighted by Gasteiger charge is 2.76. The van der Waals surface area contributed by atoms with Gasteiger partial charge in [0.2, 0.25) is 0 Å². The molecule has 20 heavy (non-hydrogen) atoms. The normalized spacial score (nSPS) is 42.4. The van der Waals surface area contributed by atoms with Crippen molar-refractivity contribution in [1.82, 2.24) is 4.90 Å². The molecule has 1 saturated carbocycles. The molecule has 0 radical (unpaired) electrons. The molecule has 1 aliphatic carbocycles. The molecule has 4 rings (SSSR count). The molecule has 1 spiro atoms. The van der Waals surface area contributed by atoms with E-state index in [-0.39, 0.29) is 29.2 Å². The minimum absolute atomic E-state index is 0.100. The van der Waals surface area contributed by atoms with Gasteiger partial charge < -0.3 is 10.0 Å². The Morgan fingerprint density at radius 2 is 2.05 bits per heavy atom. The van der Waals surface area contributed by atoms with Gasteiger partial charge in [0.05, 0.1) is 11.6 Å². The van der Waals surface area contributed by atoms with Crippen molar-refractivity contribution < 1.29 is 14.3 Å². The highest BCUT2D eigenvalue weighted by Crippen LogP contribution is 2.65. The van der Waals surface area contributed by atoms with E-state index in [1.54, 1.807) is 6.92 Å². The molecule has 3 fully saturated rings. The first-order valence-electron chi connectivity index (χ1n) is 7.28. The first-order valence-corrected chi connectivity index (χ1v) is 7.28. The number of carbonyl (C=O) groups is 1. The summed E-state index contributed by atoms with van der Waals surface area (Å²) in [6.45, 7) is 1.61. The van der Waals surface area contributed by atoms with Gasteiger partial charge in [0, 0.05) is 12.3 Å². The molecule has 1 amide bonds. The number of nitrogens with zero attached hydrogens (tertiary/aromatic N) is 1. The van der Waals surface area contributed by atoms with Gasteiger partial charge in [-0.2, -0.15) is 0 Å². The van der Waals surface area contributed by atoms with Crippen LogP contribution in [0.2, 0.25) is 0 Å². The van der Waals surface area contributed by atoms with Gasteiger partial charge in [-0.3, -0.25) is 4.79 Å². The molecule has 4 atom stereocenters.